The summed E-state index contributed by atoms with van der Waals surface area (Å²) in [5.74, 6) is 0.857. The predicted octanol–water partition coefficient (Wildman–Crippen LogP) is 2.33. The fourth-order valence-corrected chi connectivity index (χ4v) is 2.07. The molecule has 1 fully saturated rings. The number of alkyl halides is 1. The fraction of sp³-hybridized carbons (Fsp3) is 0.400. The van der Waals surface area contributed by atoms with Crippen LogP contribution in [-0.4, -0.2) is 23.3 Å². The SMILES string of the molecule is O=C1CC(CCl)CN1c1ccnc(Cl)c1. The zero-order valence-electron chi connectivity index (χ0n) is 7.99. The van der Waals surface area contributed by atoms with E-state index in [1.807, 2.05) is 0 Å². The van der Waals surface area contributed by atoms with Gasteiger partial charge in [0.25, 0.3) is 0 Å². The predicted molar refractivity (Wildman–Crippen MR) is 60.4 cm³/mol. The molecule has 1 aliphatic rings. The highest BCUT2D eigenvalue weighted by molar-refractivity contribution is 6.29. The van der Waals surface area contributed by atoms with Gasteiger partial charge in [0.15, 0.2) is 0 Å². The molecule has 0 saturated carbocycles. The van der Waals surface area contributed by atoms with Gasteiger partial charge in [-0.05, 0) is 18.1 Å². The Hall–Kier alpha value is -0.800. The summed E-state index contributed by atoms with van der Waals surface area (Å²) in [7, 11) is 0. The first-order valence-corrected chi connectivity index (χ1v) is 5.60. The lowest BCUT2D eigenvalue weighted by Gasteiger charge is -2.16. The van der Waals surface area contributed by atoms with Crippen LogP contribution in [0.25, 0.3) is 0 Å². The number of amides is 1. The maximum atomic E-state index is 11.7. The van der Waals surface area contributed by atoms with Crippen molar-refractivity contribution in [3.8, 4) is 0 Å². The van der Waals surface area contributed by atoms with E-state index in [1.165, 1.54) is 0 Å². The van der Waals surface area contributed by atoms with Crippen LogP contribution in [0.3, 0.4) is 0 Å². The maximum Gasteiger partial charge on any atom is 0.227 e. The summed E-state index contributed by atoms with van der Waals surface area (Å²) in [4.78, 5) is 17.2. The van der Waals surface area contributed by atoms with Gasteiger partial charge in [0.2, 0.25) is 5.91 Å². The van der Waals surface area contributed by atoms with Crippen molar-refractivity contribution < 1.29 is 4.79 Å². The third-order valence-electron chi connectivity index (χ3n) is 2.45. The molecule has 1 atom stereocenters. The number of carbonyl (C=O) groups is 1. The Bertz CT molecular complexity index is 383. The van der Waals surface area contributed by atoms with Crippen molar-refractivity contribution in [2.75, 3.05) is 17.3 Å². The molecule has 1 aromatic rings. The summed E-state index contributed by atoms with van der Waals surface area (Å²) in [6, 6.07) is 3.47. The molecule has 1 saturated heterocycles. The van der Waals surface area contributed by atoms with E-state index in [2.05, 4.69) is 4.98 Å². The highest BCUT2D eigenvalue weighted by Gasteiger charge is 2.29. The summed E-state index contributed by atoms with van der Waals surface area (Å²) in [6.07, 6.45) is 2.11. The Kier molecular flexibility index (Phi) is 3.12. The average Bonchev–Trinajstić information content (AvgIpc) is 2.60. The van der Waals surface area contributed by atoms with E-state index >= 15 is 0 Å². The number of aromatic nitrogens is 1. The number of nitrogens with zero attached hydrogens (tertiary/aromatic N) is 2. The number of halogens is 2. The van der Waals surface area contributed by atoms with Crippen LogP contribution in [0.5, 0.6) is 0 Å². The van der Waals surface area contributed by atoms with Crippen LogP contribution in [0.1, 0.15) is 6.42 Å². The molecule has 0 N–H and O–H groups in total. The third-order valence-corrected chi connectivity index (χ3v) is 3.09. The van der Waals surface area contributed by atoms with Crippen molar-refractivity contribution in [1.29, 1.82) is 0 Å². The highest BCUT2D eigenvalue weighted by Crippen LogP contribution is 2.26. The first-order chi connectivity index (χ1) is 7.20. The zero-order chi connectivity index (χ0) is 10.8. The van der Waals surface area contributed by atoms with Gasteiger partial charge in [-0.1, -0.05) is 11.6 Å². The van der Waals surface area contributed by atoms with E-state index in [0.29, 0.717) is 24.0 Å². The third kappa shape index (κ3) is 2.24. The van der Waals surface area contributed by atoms with Crippen molar-refractivity contribution >= 4 is 34.8 Å². The summed E-state index contributed by atoms with van der Waals surface area (Å²) in [5.41, 5.74) is 0.799. The van der Waals surface area contributed by atoms with Crippen molar-refractivity contribution in [3.05, 3.63) is 23.5 Å². The second-order valence-electron chi connectivity index (χ2n) is 3.57. The van der Waals surface area contributed by atoms with E-state index < -0.39 is 0 Å². The molecular weight excluding hydrogens is 235 g/mol. The standard InChI is InChI=1S/C10H10Cl2N2O/c11-5-7-3-10(15)14(6-7)8-1-2-13-9(12)4-8/h1-2,4,7H,3,5-6H2. The van der Waals surface area contributed by atoms with Crippen LogP contribution in [-0.2, 0) is 4.79 Å². The molecule has 2 rings (SSSR count). The monoisotopic (exact) mass is 244 g/mol. The second-order valence-corrected chi connectivity index (χ2v) is 4.26. The van der Waals surface area contributed by atoms with Crippen molar-refractivity contribution in [2.24, 2.45) is 5.92 Å². The van der Waals surface area contributed by atoms with Gasteiger partial charge >= 0.3 is 0 Å². The van der Waals surface area contributed by atoms with Crippen LogP contribution in [0.4, 0.5) is 5.69 Å². The van der Waals surface area contributed by atoms with Crippen molar-refractivity contribution in [1.82, 2.24) is 4.98 Å². The van der Waals surface area contributed by atoms with Crippen LogP contribution in [0.15, 0.2) is 18.3 Å². The summed E-state index contributed by atoms with van der Waals surface area (Å²) in [6.45, 7) is 0.669. The Morgan fingerprint density at radius 1 is 1.60 bits per heavy atom. The molecule has 2 heterocycles. The number of carbonyl (C=O) groups excluding carboxylic acids is 1. The maximum absolute atomic E-state index is 11.7. The molecule has 0 bridgehead atoms. The smallest absolute Gasteiger partial charge is 0.227 e. The van der Waals surface area contributed by atoms with Gasteiger partial charge in [0.05, 0.1) is 0 Å². The molecular formula is C10H10Cl2N2O. The summed E-state index contributed by atoms with van der Waals surface area (Å²) in [5, 5.41) is 0.398. The molecule has 1 amide bonds. The van der Waals surface area contributed by atoms with Gasteiger partial charge in [-0.2, -0.15) is 0 Å². The average molecular weight is 245 g/mol. The van der Waals surface area contributed by atoms with Crippen LogP contribution in [0, 0.1) is 5.92 Å². The van der Waals surface area contributed by atoms with Gasteiger partial charge in [-0.15, -0.1) is 11.6 Å². The molecule has 1 aliphatic heterocycles. The molecule has 0 aliphatic carbocycles. The van der Waals surface area contributed by atoms with Gasteiger partial charge in [0, 0.05) is 30.7 Å². The molecule has 5 heteroatoms. The van der Waals surface area contributed by atoms with Crippen LogP contribution < -0.4 is 4.90 Å². The molecule has 15 heavy (non-hydrogen) atoms. The van der Waals surface area contributed by atoms with Crippen molar-refractivity contribution in [3.63, 3.8) is 0 Å². The lowest BCUT2D eigenvalue weighted by Crippen LogP contribution is -2.24. The topological polar surface area (TPSA) is 33.2 Å². The van der Waals surface area contributed by atoms with E-state index in [4.69, 9.17) is 23.2 Å². The minimum Gasteiger partial charge on any atom is -0.312 e. The van der Waals surface area contributed by atoms with E-state index in [9.17, 15) is 4.79 Å². The van der Waals surface area contributed by atoms with E-state index in [1.54, 1.807) is 23.2 Å². The normalized spacial score (nSPS) is 21.1. The molecule has 0 aromatic carbocycles. The number of pyridine rings is 1. The molecule has 0 spiro atoms. The minimum absolute atomic E-state index is 0.0999. The van der Waals surface area contributed by atoms with Gasteiger partial charge in [-0.25, -0.2) is 4.98 Å². The number of hydrogen-bond acceptors (Lipinski definition) is 2. The summed E-state index contributed by atoms with van der Waals surface area (Å²) >= 11 is 11.5. The molecule has 0 radical (unpaired) electrons. The molecule has 80 valence electrons. The zero-order valence-corrected chi connectivity index (χ0v) is 9.50. The lowest BCUT2D eigenvalue weighted by atomic mass is 10.1. The Balaban J connectivity index is 2.21. The molecule has 3 nitrogen and oxygen atoms in total. The van der Waals surface area contributed by atoms with Gasteiger partial charge in [-0.3, -0.25) is 4.79 Å². The number of hydrogen-bond donors (Lipinski definition) is 0. The van der Waals surface area contributed by atoms with E-state index in [0.717, 1.165) is 5.69 Å². The first-order valence-electron chi connectivity index (χ1n) is 4.68. The molecule has 1 aromatic heterocycles. The van der Waals surface area contributed by atoms with E-state index in [-0.39, 0.29) is 11.8 Å². The van der Waals surface area contributed by atoms with Crippen LogP contribution >= 0.6 is 23.2 Å². The Labute approximate surface area is 98.0 Å². The number of anilines is 1. The van der Waals surface area contributed by atoms with Crippen LogP contribution in [0.2, 0.25) is 5.15 Å². The second kappa shape index (κ2) is 4.37. The Morgan fingerprint density at radius 3 is 3.00 bits per heavy atom. The lowest BCUT2D eigenvalue weighted by molar-refractivity contribution is -0.117. The highest BCUT2D eigenvalue weighted by atomic mass is 35.5. The first kappa shape index (κ1) is 10.7. The van der Waals surface area contributed by atoms with Gasteiger partial charge in [0.1, 0.15) is 5.15 Å². The quantitative estimate of drug-likeness (QED) is 0.591. The van der Waals surface area contributed by atoms with Gasteiger partial charge < -0.3 is 4.90 Å². The Morgan fingerprint density at radius 2 is 2.40 bits per heavy atom. The van der Waals surface area contributed by atoms with Crippen molar-refractivity contribution in [2.45, 2.75) is 6.42 Å². The largest absolute Gasteiger partial charge is 0.312 e. The number of rotatable bonds is 2. The summed E-state index contributed by atoms with van der Waals surface area (Å²) < 4.78 is 0. The minimum atomic E-state index is 0.0999. The molecule has 1 unspecified atom stereocenters. The fourth-order valence-electron chi connectivity index (χ4n) is 1.69.